The van der Waals surface area contributed by atoms with E-state index in [4.69, 9.17) is 0 Å². The molecule has 2 N–H and O–H groups in total. The monoisotopic (exact) mass is 396 g/mol. The van der Waals surface area contributed by atoms with Crippen LogP contribution in [-0.2, 0) is 16.0 Å². The summed E-state index contributed by atoms with van der Waals surface area (Å²) in [5, 5.41) is 24.3. The van der Waals surface area contributed by atoms with Crippen LogP contribution in [0.2, 0.25) is 0 Å². The lowest BCUT2D eigenvalue weighted by molar-refractivity contribution is -0.384. The second-order valence-electron chi connectivity index (χ2n) is 6.66. The highest BCUT2D eigenvalue weighted by atomic mass is 16.6. The van der Waals surface area contributed by atoms with Crippen molar-refractivity contribution in [3.05, 3.63) is 63.7 Å². The second-order valence-corrected chi connectivity index (χ2v) is 6.66. The summed E-state index contributed by atoms with van der Waals surface area (Å²) in [6.07, 6.45) is 2.09. The van der Waals surface area contributed by atoms with Crippen LogP contribution >= 0.6 is 0 Å². The van der Waals surface area contributed by atoms with Gasteiger partial charge in [0.2, 0.25) is 11.8 Å². The average molecular weight is 396 g/mol. The number of nitrogens with one attached hydrogen (secondary N) is 1. The molecule has 0 radical (unpaired) electrons. The Hall–Kier alpha value is -3.75. The number of nitro groups is 1. The van der Waals surface area contributed by atoms with Crippen molar-refractivity contribution in [2.24, 2.45) is 11.0 Å². The number of aromatic hydroxyl groups is 1. The van der Waals surface area contributed by atoms with Gasteiger partial charge in [0, 0.05) is 36.3 Å². The zero-order valence-electron chi connectivity index (χ0n) is 15.7. The Labute approximate surface area is 166 Å². The normalized spacial score (nSPS) is 16.4. The number of hydrogen-bond acceptors (Lipinski definition) is 6. The molecule has 150 valence electrons. The Morgan fingerprint density at radius 2 is 2.07 bits per heavy atom. The molecule has 9 heteroatoms. The van der Waals surface area contributed by atoms with E-state index in [2.05, 4.69) is 10.5 Å². The lowest BCUT2D eigenvalue weighted by Gasteiger charge is -2.16. The molecule has 0 saturated carbocycles. The van der Waals surface area contributed by atoms with Gasteiger partial charge in [-0.2, -0.15) is 5.10 Å². The molecule has 1 heterocycles. The number of phenolic OH excluding ortho intramolecular Hbond substituents is 1. The zero-order chi connectivity index (χ0) is 21.0. The molecule has 2 aromatic carbocycles. The minimum atomic E-state index is -0.596. The molecule has 2 aromatic rings. The molecule has 9 nitrogen and oxygen atoms in total. The number of nitro benzene ring substituents is 1. The fourth-order valence-electron chi connectivity index (χ4n) is 3.06. The van der Waals surface area contributed by atoms with E-state index in [-0.39, 0.29) is 35.9 Å². The first kappa shape index (κ1) is 20.0. The summed E-state index contributed by atoms with van der Waals surface area (Å²) >= 11 is 0. The van der Waals surface area contributed by atoms with Gasteiger partial charge in [0.15, 0.2) is 0 Å². The third-order valence-corrected chi connectivity index (χ3v) is 4.75. The number of aryl methyl sites for hydroxylation is 1. The number of rotatable bonds is 6. The molecule has 1 aliphatic heterocycles. The number of anilines is 1. The Morgan fingerprint density at radius 1 is 1.34 bits per heavy atom. The summed E-state index contributed by atoms with van der Waals surface area (Å²) in [6, 6.07) is 11.1. The van der Waals surface area contributed by atoms with Crippen LogP contribution < -0.4 is 10.3 Å². The molecule has 2 amide bonds. The number of non-ortho nitro benzene ring substituents is 1. The Balaban J connectivity index is 1.63. The smallest absolute Gasteiger partial charge is 0.270 e. The highest BCUT2D eigenvalue weighted by Crippen LogP contribution is 2.26. The van der Waals surface area contributed by atoms with E-state index in [1.165, 1.54) is 6.07 Å². The predicted octanol–water partition coefficient (Wildman–Crippen LogP) is 2.37. The number of hydrogen-bond donors (Lipinski definition) is 2. The molecule has 0 spiro atoms. The van der Waals surface area contributed by atoms with Crippen molar-refractivity contribution in [1.82, 2.24) is 5.43 Å². The highest BCUT2D eigenvalue weighted by Gasteiger charge is 2.35. The Bertz CT molecular complexity index is 971. The molecule has 29 heavy (non-hydrogen) atoms. The average Bonchev–Trinajstić information content (AvgIpc) is 3.11. The van der Waals surface area contributed by atoms with Crippen LogP contribution in [0.1, 0.15) is 24.5 Å². The van der Waals surface area contributed by atoms with Crippen LogP contribution in [0.15, 0.2) is 47.6 Å². The lowest BCUT2D eigenvalue weighted by atomic mass is 10.1. The molecule has 3 rings (SSSR count). The van der Waals surface area contributed by atoms with Gasteiger partial charge in [0.05, 0.1) is 17.1 Å². The minimum absolute atomic E-state index is 0.0684. The minimum Gasteiger partial charge on any atom is -0.507 e. The number of carbonyl (C=O) groups excluding carboxylic acids is 2. The van der Waals surface area contributed by atoms with Crippen LogP contribution in [0.25, 0.3) is 0 Å². The molecule has 1 saturated heterocycles. The molecule has 0 aliphatic carbocycles. The van der Waals surface area contributed by atoms with Crippen LogP contribution in [0.3, 0.4) is 0 Å². The maximum absolute atomic E-state index is 12.3. The molecular formula is C20H20N4O5. The van der Waals surface area contributed by atoms with Crippen molar-refractivity contribution in [1.29, 1.82) is 0 Å². The summed E-state index contributed by atoms with van der Waals surface area (Å²) in [5.41, 5.74) is 4.12. The molecule has 0 bridgehead atoms. The number of nitrogens with zero attached hydrogens (tertiary/aromatic N) is 3. The standard InChI is InChI=1S/C20H20N4O5/c1-2-13-3-5-16(6-4-13)23-12-15(10-19(23)26)20(27)22-21-11-14-9-17(24(28)29)7-8-18(14)25/h3-9,11,15,25H,2,10,12H2,1H3,(H,22,27)/b21-11+/t15-/m1/s1. The largest absolute Gasteiger partial charge is 0.507 e. The number of carbonyl (C=O) groups is 2. The van der Waals surface area contributed by atoms with Crippen molar-refractivity contribution in [2.45, 2.75) is 19.8 Å². The summed E-state index contributed by atoms with van der Waals surface area (Å²) in [7, 11) is 0. The highest BCUT2D eigenvalue weighted by molar-refractivity contribution is 6.00. The fraction of sp³-hybridized carbons (Fsp3) is 0.250. The van der Waals surface area contributed by atoms with Crippen molar-refractivity contribution >= 4 is 29.4 Å². The molecule has 0 aromatic heterocycles. The third-order valence-electron chi connectivity index (χ3n) is 4.75. The SMILES string of the molecule is CCc1ccc(N2C[C@H](C(=O)N/N=C/c3cc([N+](=O)[O-])ccc3O)CC2=O)cc1. The van der Waals surface area contributed by atoms with Crippen LogP contribution in [0.4, 0.5) is 11.4 Å². The first-order valence-corrected chi connectivity index (χ1v) is 9.08. The van der Waals surface area contributed by atoms with Gasteiger partial charge in [-0.15, -0.1) is 0 Å². The topological polar surface area (TPSA) is 125 Å². The van der Waals surface area contributed by atoms with Crippen molar-refractivity contribution in [2.75, 3.05) is 11.4 Å². The number of phenols is 1. The van der Waals surface area contributed by atoms with E-state index in [1.54, 1.807) is 4.90 Å². The third kappa shape index (κ3) is 4.57. The molecule has 0 unspecified atom stereocenters. The van der Waals surface area contributed by atoms with Crippen molar-refractivity contribution in [3.8, 4) is 5.75 Å². The quantitative estimate of drug-likeness (QED) is 0.440. The zero-order valence-corrected chi connectivity index (χ0v) is 15.7. The van der Waals surface area contributed by atoms with Gasteiger partial charge in [-0.25, -0.2) is 5.43 Å². The van der Waals surface area contributed by atoms with Crippen LogP contribution in [0.5, 0.6) is 5.75 Å². The molecule has 1 aliphatic rings. The van der Waals surface area contributed by atoms with Crippen molar-refractivity contribution < 1.29 is 19.6 Å². The predicted molar refractivity (Wildman–Crippen MR) is 107 cm³/mol. The van der Waals surface area contributed by atoms with Crippen LogP contribution in [0, 0.1) is 16.0 Å². The van der Waals surface area contributed by atoms with E-state index in [1.807, 2.05) is 31.2 Å². The molecule has 1 fully saturated rings. The lowest BCUT2D eigenvalue weighted by Crippen LogP contribution is -2.30. The number of amides is 2. The van der Waals surface area contributed by atoms with Gasteiger partial charge < -0.3 is 10.0 Å². The van der Waals surface area contributed by atoms with Gasteiger partial charge in [0.1, 0.15) is 5.75 Å². The van der Waals surface area contributed by atoms with Crippen molar-refractivity contribution in [3.63, 3.8) is 0 Å². The first-order valence-electron chi connectivity index (χ1n) is 9.08. The molecule has 1 atom stereocenters. The van der Waals surface area contributed by atoms with Gasteiger partial charge >= 0.3 is 0 Å². The van der Waals surface area contributed by atoms with Gasteiger partial charge in [-0.3, -0.25) is 19.7 Å². The van der Waals surface area contributed by atoms with E-state index >= 15 is 0 Å². The van der Waals surface area contributed by atoms with Gasteiger partial charge in [-0.1, -0.05) is 19.1 Å². The van der Waals surface area contributed by atoms with Crippen LogP contribution in [-0.4, -0.2) is 34.6 Å². The first-order chi connectivity index (χ1) is 13.9. The van der Waals surface area contributed by atoms with E-state index in [0.29, 0.717) is 0 Å². The van der Waals surface area contributed by atoms with Gasteiger partial charge in [0.25, 0.3) is 5.69 Å². The Kier molecular flexibility index (Phi) is 5.87. The summed E-state index contributed by atoms with van der Waals surface area (Å²) in [5.74, 6) is -1.35. The summed E-state index contributed by atoms with van der Waals surface area (Å²) in [4.78, 5) is 36.4. The maximum atomic E-state index is 12.3. The maximum Gasteiger partial charge on any atom is 0.270 e. The fourth-order valence-corrected chi connectivity index (χ4v) is 3.06. The molecular weight excluding hydrogens is 376 g/mol. The van der Waals surface area contributed by atoms with E-state index in [9.17, 15) is 24.8 Å². The van der Waals surface area contributed by atoms with E-state index < -0.39 is 16.7 Å². The second kappa shape index (κ2) is 8.51. The van der Waals surface area contributed by atoms with E-state index in [0.717, 1.165) is 36.0 Å². The van der Waals surface area contributed by atoms with Gasteiger partial charge in [-0.05, 0) is 30.2 Å². The number of hydrazone groups is 1. The Morgan fingerprint density at radius 3 is 2.72 bits per heavy atom. The summed E-state index contributed by atoms with van der Waals surface area (Å²) in [6.45, 7) is 2.29. The number of benzene rings is 2. The summed E-state index contributed by atoms with van der Waals surface area (Å²) < 4.78 is 0.